The normalized spacial score (nSPS) is 14.9. The first-order valence-electron chi connectivity index (χ1n) is 9.04. The molecule has 7 nitrogen and oxygen atoms in total. The minimum Gasteiger partial charge on any atom is -0.290 e. The predicted molar refractivity (Wildman–Crippen MR) is 102 cm³/mol. The Morgan fingerprint density at radius 3 is 2.15 bits per heavy atom. The Morgan fingerprint density at radius 1 is 1.00 bits per heavy atom. The SMILES string of the molecule is CC(C)N(C(=O)n1nnn(C2(c3ccccc3)CC2)c1=O)c1ccccc1. The molecule has 0 spiro atoms. The van der Waals surface area contributed by atoms with Crippen LogP contribution in [0.4, 0.5) is 10.5 Å². The predicted octanol–water partition coefficient (Wildman–Crippen LogP) is 2.86. The summed E-state index contributed by atoms with van der Waals surface area (Å²) in [5, 5.41) is 7.95. The number of hydrogen-bond acceptors (Lipinski definition) is 4. The van der Waals surface area contributed by atoms with Gasteiger partial charge in [0.05, 0.1) is 5.54 Å². The summed E-state index contributed by atoms with van der Waals surface area (Å²) >= 11 is 0. The number of nitrogens with zero attached hydrogens (tertiary/aromatic N) is 5. The lowest BCUT2D eigenvalue weighted by Gasteiger charge is -2.25. The van der Waals surface area contributed by atoms with Gasteiger partial charge in [-0.05, 0) is 54.8 Å². The molecule has 0 atom stereocenters. The molecule has 0 N–H and O–H groups in total. The molecular weight excluding hydrogens is 342 g/mol. The van der Waals surface area contributed by atoms with Crippen LogP contribution in [0, 0.1) is 0 Å². The van der Waals surface area contributed by atoms with Gasteiger partial charge in [-0.25, -0.2) is 9.59 Å². The molecule has 4 rings (SSSR count). The minimum atomic E-state index is -0.511. The molecule has 0 saturated heterocycles. The molecular formula is C20H21N5O2. The maximum absolute atomic E-state index is 13.1. The summed E-state index contributed by atoms with van der Waals surface area (Å²) in [6.07, 6.45) is 1.60. The van der Waals surface area contributed by atoms with Crippen molar-refractivity contribution in [3.8, 4) is 0 Å². The molecule has 138 valence electrons. The smallest absolute Gasteiger partial charge is 0.290 e. The highest BCUT2D eigenvalue weighted by molar-refractivity contribution is 5.93. The maximum atomic E-state index is 13.1. The van der Waals surface area contributed by atoms with Crippen LogP contribution in [0.3, 0.4) is 0 Å². The van der Waals surface area contributed by atoms with Crippen molar-refractivity contribution in [1.29, 1.82) is 0 Å². The average Bonchev–Trinajstić information content (AvgIpc) is 3.39. The summed E-state index contributed by atoms with van der Waals surface area (Å²) in [5.74, 6) is 0. The number of benzene rings is 2. The number of aromatic nitrogens is 4. The molecule has 0 aliphatic heterocycles. The van der Waals surface area contributed by atoms with Crippen LogP contribution in [0.5, 0.6) is 0 Å². The molecule has 3 aromatic rings. The average molecular weight is 363 g/mol. The number of carbonyl (C=O) groups excluding carboxylic acids is 1. The Bertz CT molecular complexity index is 1000. The third kappa shape index (κ3) is 2.85. The second kappa shape index (κ2) is 6.50. The molecule has 7 heteroatoms. The van der Waals surface area contributed by atoms with Gasteiger partial charge in [-0.2, -0.15) is 4.68 Å². The van der Waals surface area contributed by atoms with Crippen molar-refractivity contribution in [2.24, 2.45) is 0 Å². The van der Waals surface area contributed by atoms with Gasteiger partial charge in [-0.15, -0.1) is 4.68 Å². The van der Waals surface area contributed by atoms with Crippen LogP contribution in [0.25, 0.3) is 0 Å². The van der Waals surface area contributed by atoms with Gasteiger partial charge in [-0.3, -0.25) is 4.90 Å². The van der Waals surface area contributed by atoms with Crippen LogP contribution in [-0.2, 0) is 5.54 Å². The van der Waals surface area contributed by atoms with E-state index < -0.39 is 17.3 Å². The van der Waals surface area contributed by atoms with E-state index in [9.17, 15) is 9.59 Å². The first kappa shape index (κ1) is 17.2. The summed E-state index contributed by atoms with van der Waals surface area (Å²) in [7, 11) is 0. The number of anilines is 1. The van der Waals surface area contributed by atoms with Gasteiger partial charge >= 0.3 is 11.7 Å². The van der Waals surface area contributed by atoms with Crippen molar-refractivity contribution in [2.45, 2.75) is 38.3 Å². The zero-order valence-electron chi connectivity index (χ0n) is 15.3. The molecule has 1 aliphatic carbocycles. The van der Waals surface area contributed by atoms with Crippen LogP contribution in [0.1, 0.15) is 32.3 Å². The third-order valence-corrected chi connectivity index (χ3v) is 4.96. The fraction of sp³-hybridized carbons (Fsp3) is 0.300. The van der Waals surface area contributed by atoms with E-state index in [1.165, 1.54) is 4.68 Å². The lowest BCUT2D eigenvalue weighted by atomic mass is 10.1. The zero-order valence-corrected chi connectivity index (χ0v) is 15.3. The summed E-state index contributed by atoms with van der Waals surface area (Å²) < 4.78 is 2.21. The summed E-state index contributed by atoms with van der Waals surface area (Å²) in [5.41, 5.74) is 0.716. The molecule has 0 radical (unpaired) electrons. The van der Waals surface area contributed by atoms with Crippen LogP contribution in [0.15, 0.2) is 65.5 Å². The van der Waals surface area contributed by atoms with E-state index in [0.29, 0.717) is 5.69 Å². The van der Waals surface area contributed by atoms with Crippen LogP contribution < -0.4 is 10.6 Å². The van der Waals surface area contributed by atoms with Crippen molar-refractivity contribution in [3.63, 3.8) is 0 Å². The highest BCUT2D eigenvalue weighted by Crippen LogP contribution is 2.47. The van der Waals surface area contributed by atoms with Crippen molar-refractivity contribution in [1.82, 2.24) is 19.8 Å². The Morgan fingerprint density at radius 2 is 1.59 bits per heavy atom. The quantitative estimate of drug-likeness (QED) is 0.668. The summed E-state index contributed by atoms with van der Waals surface area (Å²) in [4.78, 5) is 27.6. The first-order chi connectivity index (χ1) is 13.0. The second-order valence-corrected chi connectivity index (χ2v) is 7.06. The highest BCUT2D eigenvalue weighted by atomic mass is 16.2. The molecule has 0 bridgehead atoms. The van der Waals surface area contributed by atoms with Gasteiger partial charge in [0, 0.05) is 11.7 Å². The summed E-state index contributed by atoms with van der Waals surface area (Å²) in [6, 6.07) is 18.4. The number of amides is 1. The van der Waals surface area contributed by atoms with E-state index in [1.807, 2.05) is 74.5 Å². The van der Waals surface area contributed by atoms with E-state index in [0.717, 1.165) is 23.1 Å². The van der Waals surface area contributed by atoms with Gasteiger partial charge in [0.25, 0.3) is 0 Å². The Hall–Kier alpha value is -3.22. The monoisotopic (exact) mass is 363 g/mol. The number of rotatable bonds is 4. The van der Waals surface area contributed by atoms with Crippen molar-refractivity contribution in [2.75, 3.05) is 4.90 Å². The molecule has 1 amide bonds. The van der Waals surface area contributed by atoms with Crippen molar-refractivity contribution >= 4 is 11.7 Å². The van der Waals surface area contributed by atoms with Gasteiger partial charge in [0.1, 0.15) is 0 Å². The van der Waals surface area contributed by atoms with Gasteiger partial charge in [0.2, 0.25) is 0 Å². The lowest BCUT2D eigenvalue weighted by molar-refractivity contribution is 0.242. The molecule has 2 aromatic carbocycles. The Kier molecular flexibility index (Phi) is 4.14. The Labute approximate surface area is 156 Å². The lowest BCUT2D eigenvalue weighted by Crippen LogP contribution is -2.45. The summed E-state index contributed by atoms with van der Waals surface area (Å²) in [6.45, 7) is 3.79. The van der Waals surface area contributed by atoms with Gasteiger partial charge in [-0.1, -0.05) is 48.5 Å². The van der Waals surface area contributed by atoms with Crippen LogP contribution in [-0.4, -0.2) is 31.9 Å². The highest BCUT2D eigenvalue weighted by Gasteiger charge is 2.49. The topological polar surface area (TPSA) is 73.0 Å². The molecule has 1 heterocycles. The standard InChI is InChI=1S/C20H21N5O2/c1-15(2)23(17-11-7-4-8-12-17)18(26)24-19(27)25(22-21-24)20(13-14-20)16-9-5-3-6-10-16/h3-12,15H,13-14H2,1-2H3. The molecule has 1 saturated carbocycles. The molecule has 0 unspecified atom stereocenters. The number of para-hydroxylation sites is 1. The van der Waals surface area contributed by atoms with Gasteiger partial charge in [0.15, 0.2) is 0 Å². The number of hydrogen-bond donors (Lipinski definition) is 0. The van der Waals surface area contributed by atoms with Crippen molar-refractivity contribution in [3.05, 3.63) is 76.7 Å². The fourth-order valence-corrected chi connectivity index (χ4v) is 3.44. The molecule has 27 heavy (non-hydrogen) atoms. The molecule has 1 aliphatic rings. The largest absolute Gasteiger partial charge is 0.373 e. The van der Waals surface area contributed by atoms with Crippen LogP contribution in [0.2, 0.25) is 0 Å². The maximum Gasteiger partial charge on any atom is 0.373 e. The number of tetrazole rings is 1. The Balaban J connectivity index is 1.72. The van der Waals surface area contributed by atoms with E-state index >= 15 is 0 Å². The van der Waals surface area contributed by atoms with Crippen LogP contribution >= 0.6 is 0 Å². The second-order valence-electron chi connectivity index (χ2n) is 7.06. The van der Waals surface area contributed by atoms with E-state index in [4.69, 9.17) is 0 Å². The third-order valence-electron chi connectivity index (χ3n) is 4.96. The van der Waals surface area contributed by atoms with Gasteiger partial charge < -0.3 is 0 Å². The molecule has 1 aromatic heterocycles. The fourth-order valence-electron chi connectivity index (χ4n) is 3.44. The van der Waals surface area contributed by atoms with Crippen molar-refractivity contribution < 1.29 is 4.79 Å². The first-order valence-corrected chi connectivity index (χ1v) is 9.04. The molecule has 1 fully saturated rings. The minimum absolute atomic E-state index is 0.138. The van der Waals surface area contributed by atoms with E-state index in [-0.39, 0.29) is 6.04 Å². The zero-order chi connectivity index (χ0) is 19.0. The van der Waals surface area contributed by atoms with E-state index in [2.05, 4.69) is 10.4 Å². The number of carbonyl (C=O) groups is 1. The van der Waals surface area contributed by atoms with E-state index in [1.54, 1.807) is 4.90 Å².